The summed E-state index contributed by atoms with van der Waals surface area (Å²) in [7, 11) is 0. The van der Waals surface area contributed by atoms with Gasteiger partial charge in [0.05, 0.1) is 58.9 Å². The molecule has 4 aromatic rings. The van der Waals surface area contributed by atoms with E-state index in [1.165, 1.54) is 6.07 Å². The maximum Gasteiger partial charge on any atom is 0.316 e. The predicted octanol–water partition coefficient (Wildman–Crippen LogP) is 3.66. The van der Waals surface area contributed by atoms with Gasteiger partial charge in [0.2, 0.25) is 0 Å². The molecule has 0 amide bonds. The van der Waals surface area contributed by atoms with E-state index in [2.05, 4.69) is 15.6 Å². The molecule has 3 aromatic heterocycles. The topological polar surface area (TPSA) is 104 Å². The second-order valence-electron chi connectivity index (χ2n) is 11.1. The lowest BCUT2D eigenvalue weighted by Gasteiger charge is -2.33. The maximum absolute atomic E-state index is 14.7. The molecule has 1 fully saturated rings. The highest BCUT2D eigenvalue weighted by atomic mass is 19.1. The molecule has 2 atom stereocenters. The molecule has 0 aliphatic carbocycles. The number of esters is 1. The Bertz CT molecular complexity index is 1750. The maximum atomic E-state index is 14.7. The molecule has 10 heteroatoms. The number of aromatic nitrogens is 5. The van der Waals surface area contributed by atoms with Gasteiger partial charge in [0, 0.05) is 17.0 Å². The van der Waals surface area contributed by atoms with Gasteiger partial charge in [-0.15, -0.1) is 5.10 Å². The Kier molecular flexibility index (Phi) is 5.29. The molecule has 0 radical (unpaired) electrons. The van der Waals surface area contributed by atoms with E-state index in [0.717, 1.165) is 41.6 Å². The number of carbonyl (C=O) groups excluding carboxylic acids is 1. The molecule has 6 heterocycles. The van der Waals surface area contributed by atoms with Crippen LogP contribution in [0.15, 0.2) is 29.2 Å². The Morgan fingerprint density at radius 3 is 2.85 bits per heavy atom. The second kappa shape index (κ2) is 8.54. The highest BCUT2D eigenvalue weighted by molar-refractivity contribution is 5.90. The van der Waals surface area contributed by atoms with Crippen LogP contribution >= 0.6 is 0 Å². The smallest absolute Gasteiger partial charge is 0.316 e. The Balaban J connectivity index is 1.42. The zero-order valence-corrected chi connectivity index (χ0v) is 22.2. The van der Waals surface area contributed by atoms with Gasteiger partial charge in [0.1, 0.15) is 12.4 Å². The molecule has 0 saturated carbocycles. The summed E-state index contributed by atoms with van der Waals surface area (Å²) in [6.45, 7) is 7.13. The van der Waals surface area contributed by atoms with Crippen molar-refractivity contribution in [3.8, 4) is 11.4 Å². The number of hydrogen-bond donors (Lipinski definition) is 1. The molecular formula is C29H29FN6O3. The number of rotatable bonds is 4. The van der Waals surface area contributed by atoms with Gasteiger partial charge in [0.15, 0.2) is 0 Å². The van der Waals surface area contributed by atoms with Crippen molar-refractivity contribution < 1.29 is 13.9 Å². The first-order chi connectivity index (χ1) is 18.8. The van der Waals surface area contributed by atoms with Crippen molar-refractivity contribution in [3.63, 3.8) is 0 Å². The van der Waals surface area contributed by atoms with Crippen LogP contribution in [0.2, 0.25) is 0 Å². The van der Waals surface area contributed by atoms with Crippen molar-refractivity contribution in [2.45, 2.75) is 71.2 Å². The first kappa shape index (κ1) is 24.1. The summed E-state index contributed by atoms with van der Waals surface area (Å²) < 4.78 is 23.7. The van der Waals surface area contributed by atoms with Crippen LogP contribution in [0.1, 0.15) is 72.7 Å². The summed E-state index contributed by atoms with van der Waals surface area (Å²) in [6.07, 6.45) is 4.59. The second-order valence-corrected chi connectivity index (χ2v) is 11.1. The van der Waals surface area contributed by atoms with Crippen LogP contribution in [-0.4, -0.2) is 37.1 Å². The van der Waals surface area contributed by atoms with Crippen molar-refractivity contribution in [1.29, 1.82) is 0 Å². The van der Waals surface area contributed by atoms with Crippen LogP contribution in [0.4, 0.5) is 4.39 Å². The van der Waals surface area contributed by atoms with E-state index >= 15 is 0 Å². The third kappa shape index (κ3) is 3.50. The van der Waals surface area contributed by atoms with Gasteiger partial charge in [-0.3, -0.25) is 9.59 Å². The lowest BCUT2D eigenvalue weighted by molar-refractivity contribution is -0.153. The molecule has 0 spiro atoms. The Morgan fingerprint density at radius 1 is 1.23 bits per heavy atom. The number of nitrogens with zero attached hydrogens (tertiary/aromatic N) is 5. The van der Waals surface area contributed by atoms with Gasteiger partial charge in [-0.05, 0) is 68.5 Å². The summed E-state index contributed by atoms with van der Waals surface area (Å²) in [5, 5.41) is 13.1. The van der Waals surface area contributed by atoms with E-state index in [4.69, 9.17) is 9.72 Å². The molecule has 3 aliphatic heterocycles. The largest absolute Gasteiger partial charge is 0.460 e. The summed E-state index contributed by atoms with van der Waals surface area (Å²) in [5.74, 6) is -0.665. The summed E-state index contributed by atoms with van der Waals surface area (Å²) in [6, 6.07) is 5.39. The number of carbonyl (C=O) groups is 1. The van der Waals surface area contributed by atoms with Gasteiger partial charge in [-0.2, -0.15) is 0 Å². The molecule has 1 aromatic carbocycles. The van der Waals surface area contributed by atoms with E-state index in [9.17, 15) is 14.0 Å². The van der Waals surface area contributed by atoms with Crippen LogP contribution in [0.25, 0.3) is 22.3 Å². The van der Waals surface area contributed by atoms with E-state index in [-0.39, 0.29) is 30.0 Å². The van der Waals surface area contributed by atoms with Crippen molar-refractivity contribution in [2.24, 2.45) is 0 Å². The first-order valence-electron chi connectivity index (χ1n) is 13.5. The van der Waals surface area contributed by atoms with Crippen LogP contribution in [0, 0.1) is 12.7 Å². The molecule has 9 nitrogen and oxygen atoms in total. The number of benzene rings is 1. The summed E-state index contributed by atoms with van der Waals surface area (Å²) in [4.78, 5) is 31.4. The molecule has 1 unspecified atom stereocenters. The number of ether oxygens (including phenoxy) is 1. The number of cyclic esters (lactones) is 1. The highest BCUT2D eigenvalue weighted by Gasteiger charge is 2.43. The highest BCUT2D eigenvalue weighted by Crippen LogP contribution is 2.41. The average molecular weight is 529 g/mol. The lowest BCUT2D eigenvalue weighted by atomic mass is 9.76. The number of pyridine rings is 2. The van der Waals surface area contributed by atoms with Crippen molar-refractivity contribution in [3.05, 3.63) is 74.1 Å². The zero-order valence-electron chi connectivity index (χ0n) is 22.2. The lowest BCUT2D eigenvalue weighted by Crippen LogP contribution is -2.42. The van der Waals surface area contributed by atoms with Crippen LogP contribution in [-0.2, 0) is 34.6 Å². The van der Waals surface area contributed by atoms with Crippen molar-refractivity contribution >= 4 is 16.9 Å². The first-order valence-corrected chi connectivity index (χ1v) is 13.5. The van der Waals surface area contributed by atoms with E-state index in [1.54, 1.807) is 16.2 Å². The van der Waals surface area contributed by atoms with Crippen LogP contribution in [0.5, 0.6) is 0 Å². The fourth-order valence-electron chi connectivity index (χ4n) is 6.28. The Hall–Kier alpha value is -3.92. The SMILES string of the molecule is CC[C@@]1(C)C(=O)OCc2c1cc1n(c2=O)Cc2c-1nc1cc(F)c(C)cc1c2Cn1cc(C2CCCN2)nn1. The van der Waals surface area contributed by atoms with Gasteiger partial charge in [-0.1, -0.05) is 12.1 Å². The minimum Gasteiger partial charge on any atom is -0.460 e. The number of hydrogen-bond acceptors (Lipinski definition) is 7. The minimum absolute atomic E-state index is 0.0389. The monoisotopic (exact) mass is 528 g/mol. The molecule has 1 saturated heterocycles. The fraction of sp³-hybridized carbons (Fsp3) is 0.414. The molecule has 7 rings (SSSR count). The molecule has 1 N–H and O–H groups in total. The van der Waals surface area contributed by atoms with E-state index in [1.807, 2.05) is 32.2 Å². The van der Waals surface area contributed by atoms with Gasteiger partial charge >= 0.3 is 5.97 Å². The number of fused-ring (bicyclic) bond motifs is 5. The average Bonchev–Trinajstić information content (AvgIpc) is 3.68. The van der Waals surface area contributed by atoms with Crippen molar-refractivity contribution in [1.82, 2.24) is 29.9 Å². The van der Waals surface area contributed by atoms with Gasteiger partial charge in [0.25, 0.3) is 5.56 Å². The van der Waals surface area contributed by atoms with Gasteiger partial charge < -0.3 is 14.6 Å². The number of nitrogens with one attached hydrogen (secondary N) is 1. The number of halogens is 1. The Morgan fingerprint density at radius 2 is 2.08 bits per heavy atom. The normalized spacial score (nSPS) is 21.6. The molecular weight excluding hydrogens is 499 g/mol. The number of aryl methyl sites for hydroxylation is 1. The molecule has 200 valence electrons. The molecule has 39 heavy (non-hydrogen) atoms. The third-order valence-electron chi connectivity index (χ3n) is 8.84. The standard InChI is InChI=1S/C29H29FN6O3/c1-4-29(3)20-9-25-26-18(12-36(25)27(37)19(20)14-39-28(29)38)17(16-8-15(2)21(30)10-23(16)32-26)11-35-13-24(33-34-35)22-6-5-7-31-22/h8-10,13,22,31H,4-7,11-12,14H2,1-3H3/t22?,29-/m1/s1. The van der Waals surface area contributed by atoms with E-state index < -0.39 is 5.41 Å². The summed E-state index contributed by atoms with van der Waals surface area (Å²) in [5.41, 5.74) is 5.15. The van der Waals surface area contributed by atoms with Crippen LogP contribution in [0.3, 0.4) is 0 Å². The predicted molar refractivity (Wildman–Crippen MR) is 142 cm³/mol. The third-order valence-corrected chi connectivity index (χ3v) is 8.84. The van der Waals surface area contributed by atoms with Crippen LogP contribution < -0.4 is 10.9 Å². The zero-order chi connectivity index (χ0) is 27.1. The fourth-order valence-corrected chi connectivity index (χ4v) is 6.28. The minimum atomic E-state index is -0.917. The summed E-state index contributed by atoms with van der Waals surface area (Å²) >= 11 is 0. The quantitative estimate of drug-likeness (QED) is 0.355. The van der Waals surface area contributed by atoms with Crippen molar-refractivity contribution in [2.75, 3.05) is 6.54 Å². The Labute approximate surface area is 224 Å². The van der Waals surface area contributed by atoms with E-state index in [0.29, 0.717) is 53.1 Å². The molecule has 3 aliphatic rings. The van der Waals surface area contributed by atoms with Gasteiger partial charge in [-0.25, -0.2) is 14.1 Å². The molecule has 0 bridgehead atoms.